The van der Waals surface area contributed by atoms with Crippen LogP contribution in [-0.4, -0.2) is 56.6 Å². The average Bonchev–Trinajstić information content (AvgIpc) is 3.30. The second-order valence-corrected chi connectivity index (χ2v) is 13.2. The molecule has 8 nitrogen and oxygen atoms in total. The molecule has 2 aromatic carbocycles. The van der Waals surface area contributed by atoms with Crippen molar-refractivity contribution in [1.82, 2.24) is 14.9 Å². The molecule has 1 aliphatic heterocycles. The van der Waals surface area contributed by atoms with E-state index in [0.29, 0.717) is 40.9 Å². The van der Waals surface area contributed by atoms with Crippen LogP contribution in [0.3, 0.4) is 0 Å². The van der Waals surface area contributed by atoms with Crippen LogP contribution >= 0.6 is 0 Å². The van der Waals surface area contributed by atoms with Gasteiger partial charge in [0.05, 0.1) is 18.0 Å². The Hall–Kier alpha value is -2.91. The number of fused-ring (bicyclic) bond motifs is 1. The highest BCUT2D eigenvalue weighted by Gasteiger charge is 2.30. The lowest BCUT2D eigenvalue weighted by atomic mass is 9.89. The van der Waals surface area contributed by atoms with E-state index in [1.807, 2.05) is 39.8 Å². The number of rotatable bonds is 10. The Morgan fingerprint density at radius 1 is 0.950 bits per heavy atom. The number of methoxy groups -OCH3 is 1. The minimum absolute atomic E-state index is 0.0218. The van der Waals surface area contributed by atoms with E-state index in [1.54, 1.807) is 26.2 Å². The first-order valence-electron chi connectivity index (χ1n) is 14.1. The fourth-order valence-corrected chi connectivity index (χ4v) is 6.84. The minimum atomic E-state index is -4.25. The molecule has 4 rings (SSSR count). The van der Waals surface area contributed by atoms with Crippen molar-refractivity contribution in [3.8, 4) is 17.4 Å². The lowest BCUT2D eigenvalue weighted by Crippen LogP contribution is -2.30. The molecule has 0 saturated carbocycles. The topological polar surface area (TPSA) is 90.9 Å². The van der Waals surface area contributed by atoms with E-state index in [9.17, 15) is 8.42 Å². The van der Waals surface area contributed by atoms with Gasteiger partial charge in [0.2, 0.25) is 5.88 Å². The van der Waals surface area contributed by atoms with Crippen LogP contribution in [0.15, 0.2) is 29.2 Å². The highest BCUT2D eigenvalue weighted by molar-refractivity contribution is 7.87. The van der Waals surface area contributed by atoms with Gasteiger partial charge in [0.1, 0.15) is 17.3 Å². The van der Waals surface area contributed by atoms with Crippen molar-refractivity contribution in [2.75, 3.05) is 27.3 Å². The van der Waals surface area contributed by atoms with Gasteiger partial charge in [0, 0.05) is 12.1 Å². The maximum atomic E-state index is 14.1. The highest BCUT2D eigenvalue weighted by Crippen LogP contribution is 2.39. The van der Waals surface area contributed by atoms with Crippen molar-refractivity contribution in [2.24, 2.45) is 0 Å². The first-order chi connectivity index (χ1) is 18.8. The van der Waals surface area contributed by atoms with E-state index in [1.165, 1.54) is 0 Å². The Balaban J connectivity index is 1.82. The van der Waals surface area contributed by atoms with Crippen molar-refractivity contribution < 1.29 is 22.1 Å². The molecule has 0 unspecified atom stereocenters. The van der Waals surface area contributed by atoms with Crippen LogP contribution < -0.4 is 13.7 Å². The van der Waals surface area contributed by atoms with E-state index >= 15 is 0 Å². The molecule has 1 aromatic heterocycles. The molecular formula is C31H43N3O5S. The third-order valence-corrected chi connectivity index (χ3v) is 9.03. The largest absolute Gasteiger partial charge is 0.493 e. The van der Waals surface area contributed by atoms with Gasteiger partial charge >= 0.3 is 10.1 Å². The first kappa shape index (κ1) is 30.1. The first-order valence-corrected chi connectivity index (χ1v) is 15.5. The summed E-state index contributed by atoms with van der Waals surface area (Å²) in [6.07, 6.45) is 2.20. The molecule has 0 N–H and O–H groups in total. The molecule has 218 valence electrons. The predicted molar refractivity (Wildman–Crippen MR) is 158 cm³/mol. The molecular weight excluding hydrogens is 526 g/mol. The summed E-state index contributed by atoms with van der Waals surface area (Å²) < 4.78 is 45.9. The fraction of sp³-hybridized carbons (Fsp3) is 0.548. The molecule has 0 aliphatic carbocycles. The number of aromatic nitrogens is 2. The van der Waals surface area contributed by atoms with Crippen molar-refractivity contribution in [3.63, 3.8) is 0 Å². The maximum Gasteiger partial charge on any atom is 0.341 e. The molecule has 1 saturated heterocycles. The lowest BCUT2D eigenvalue weighted by molar-refractivity contribution is 0.193. The molecule has 3 aromatic rings. The third kappa shape index (κ3) is 6.20. The van der Waals surface area contributed by atoms with Crippen LogP contribution in [-0.2, 0) is 10.1 Å². The van der Waals surface area contributed by atoms with Crippen molar-refractivity contribution in [3.05, 3.63) is 46.8 Å². The highest BCUT2D eigenvalue weighted by atomic mass is 32.2. The maximum absolute atomic E-state index is 14.1. The van der Waals surface area contributed by atoms with Crippen LogP contribution in [0.5, 0.6) is 17.4 Å². The Morgan fingerprint density at radius 2 is 1.60 bits per heavy atom. The normalized spacial score (nSPS) is 16.4. The molecule has 0 amide bonds. The number of likely N-dealkylation sites (tertiary alicyclic amines) is 1. The van der Waals surface area contributed by atoms with E-state index < -0.39 is 10.1 Å². The number of likely N-dealkylation sites (N-methyl/N-ethyl adjacent to an activating group) is 1. The number of ether oxygens (including phenoxy) is 2. The van der Waals surface area contributed by atoms with E-state index in [4.69, 9.17) is 13.7 Å². The summed E-state index contributed by atoms with van der Waals surface area (Å²) in [5.74, 6) is 1.61. The molecule has 0 spiro atoms. The molecule has 2 heterocycles. The summed E-state index contributed by atoms with van der Waals surface area (Å²) in [5.41, 5.74) is 3.12. The number of hydrogen-bond acceptors (Lipinski definition) is 8. The fourth-order valence-electron chi connectivity index (χ4n) is 5.26. The Bertz CT molecular complexity index is 1460. The molecule has 1 atom stereocenters. The van der Waals surface area contributed by atoms with Crippen LogP contribution in [0.1, 0.15) is 94.7 Å². The predicted octanol–water partition coefficient (Wildman–Crippen LogP) is 6.56. The minimum Gasteiger partial charge on any atom is -0.493 e. The smallest absolute Gasteiger partial charge is 0.341 e. The molecule has 1 aliphatic rings. The molecule has 1 fully saturated rings. The monoisotopic (exact) mass is 569 g/mol. The average molecular weight is 570 g/mol. The van der Waals surface area contributed by atoms with E-state index in [2.05, 4.69) is 35.8 Å². The zero-order valence-electron chi connectivity index (χ0n) is 25.2. The molecule has 9 heteroatoms. The quantitative estimate of drug-likeness (QED) is 0.254. The molecule has 0 bridgehead atoms. The van der Waals surface area contributed by atoms with Crippen molar-refractivity contribution in [1.29, 1.82) is 0 Å². The number of benzene rings is 2. The SMILES string of the molecule is COc1cc2nc(C)nc(OS(=O)(=O)c3c(C(C)C)cc(C(C)C)cc3C(C)C)c2cc1OC[C@@H]1CCCN1C. The summed E-state index contributed by atoms with van der Waals surface area (Å²) in [6, 6.07) is 7.77. The van der Waals surface area contributed by atoms with Gasteiger partial charge in [-0.25, -0.2) is 4.98 Å². The second-order valence-electron chi connectivity index (χ2n) is 11.7. The standard InChI is InChI=1S/C31H43N3O5S/c1-18(2)22-13-24(19(3)4)30(25(14-22)20(5)6)40(35,36)39-31-26-15-29(38-17-23-11-10-12-34(23)8)28(37-9)16-27(26)32-21(7)33-31/h13-16,18-20,23H,10-12,17H2,1-9H3/t23-/m0/s1. The van der Waals surface area contributed by atoms with Crippen molar-refractivity contribution >= 4 is 21.0 Å². The Labute approximate surface area is 239 Å². The summed E-state index contributed by atoms with van der Waals surface area (Å²) in [7, 11) is -0.575. The summed E-state index contributed by atoms with van der Waals surface area (Å²) in [5, 5.41) is 0.445. The summed E-state index contributed by atoms with van der Waals surface area (Å²) >= 11 is 0. The number of nitrogens with zero attached hydrogens (tertiary/aromatic N) is 3. The number of hydrogen-bond donors (Lipinski definition) is 0. The zero-order valence-corrected chi connectivity index (χ0v) is 26.1. The van der Waals surface area contributed by atoms with Crippen LogP contribution in [0.2, 0.25) is 0 Å². The van der Waals surface area contributed by atoms with Gasteiger partial charge in [-0.15, -0.1) is 0 Å². The van der Waals surface area contributed by atoms with Gasteiger partial charge in [-0.1, -0.05) is 53.7 Å². The lowest BCUT2D eigenvalue weighted by Gasteiger charge is -2.23. The number of aryl methyl sites for hydroxylation is 1. The van der Waals surface area contributed by atoms with E-state index in [0.717, 1.165) is 36.1 Å². The van der Waals surface area contributed by atoms with Crippen molar-refractivity contribution in [2.45, 2.75) is 90.0 Å². The summed E-state index contributed by atoms with van der Waals surface area (Å²) in [6.45, 7) is 15.5. The van der Waals surface area contributed by atoms with Gasteiger partial charge in [0.25, 0.3) is 0 Å². The zero-order chi connectivity index (χ0) is 29.4. The van der Waals surface area contributed by atoms with Gasteiger partial charge in [-0.2, -0.15) is 13.4 Å². The molecule has 0 radical (unpaired) electrons. The van der Waals surface area contributed by atoms with Gasteiger partial charge in [-0.3, -0.25) is 0 Å². The van der Waals surface area contributed by atoms with Crippen LogP contribution in [0.25, 0.3) is 10.9 Å². The Kier molecular flexibility index (Phi) is 8.95. The Morgan fingerprint density at radius 3 is 2.12 bits per heavy atom. The van der Waals surface area contributed by atoms with Crippen LogP contribution in [0.4, 0.5) is 0 Å². The third-order valence-electron chi connectivity index (χ3n) is 7.68. The van der Waals surface area contributed by atoms with Gasteiger partial charge in [0.15, 0.2) is 11.5 Å². The summed E-state index contributed by atoms with van der Waals surface area (Å²) in [4.78, 5) is 11.5. The van der Waals surface area contributed by atoms with E-state index in [-0.39, 0.29) is 28.5 Å². The molecule has 40 heavy (non-hydrogen) atoms. The second kappa shape index (κ2) is 11.9. The van der Waals surface area contributed by atoms with Gasteiger partial charge in [-0.05, 0) is 73.9 Å². The van der Waals surface area contributed by atoms with Crippen LogP contribution in [0, 0.1) is 6.92 Å². The van der Waals surface area contributed by atoms with Gasteiger partial charge < -0.3 is 18.6 Å².